The minimum absolute atomic E-state index is 0.729. The summed E-state index contributed by atoms with van der Waals surface area (Å²) in [7, 11) is 5.91. The molecule has 0 aliphatic carbocycles. The van der Waals surface area contributed by atoms with Gasteiger partial charge in [0, 0.05) is 27.7 Å². The largest absolute Gasteiger partial charge is 0.346 e. The minimum Gasteiger partial charge on any atom is -0.346 e. The molecule has 0 spiro atoms. The monoisotopic (exact) mass is 211 g/mol. The van der Waals surface area contributed by atoms with E-state index >= 15 is 0 Å². The van der Waals surface area contributed by atoms with Gasteiger partial charge in [0.25, 0.3) is 0 Å². The molecule has 0 bridgehead atoms. The number of unbranched alkanes of at least 4 members (excludes halogenated alkanes) is 2. The summed E-state index contributed by atoms with van der Waals surface area (Å²) in [5, 5.41) is 7.05. The highest BCUT2D eigenvalue weighted by Crippen LogP contribution is 2.10. The highest BCUT2D eigenvalue weighted by atomic mass is 15.4. The number of hydrogen-bond acceptors (Lipinski definition) is 4. The SMILES string of the molecule is CCCCCN(C)c1nc(N(C)C)n[nH]1. The van der Waals surface area contributed by atoms with E-state index in [4.69, 9.17) is 0 Å². The van der Waals surface area contributed by atoms with Gasteiger partial charge in [-0.05, 0) is 6.42 Å². The molecule has 0 saturated heterocycles. The van der Waals surface area contributed by atoms with Gasteiger partial charge >= 0.3 is 0 Å². The van der Waals surface area contributed by atoms with Crippen LogP contribution in [0.4, 0.5) is 11.9 Å². The summed E-state index contributed by atoms with van der Waals surface area (Å²) < 4.78 is 0. The normalized spacial score (nSPS) is 10.4. The predicted octanol–water partition coefficient (Wildman–Crippen LogP) is 1.50. The van der Waals surface area contributed by atoms with Crippen molar-refractivity contribution in [1.29, 1.82) is 0 Å². The van der Waals surface area contributed by atoms with Crippen LogP contribution in [0.3, 0.4) is 0 Å². The zero-order valence-electron chi connectivity index (χ0n) is 10.1. The molecular formula is C10H21N5. The van der Waals surface area contributed by atoms with E-state index in [0.717, 1.165) is 18.4 Å². The smallest absolute Gasteiger partial charge is 0.245 e. The average molecular weight is 211 g/mol. The summed E-state index contributed by atoms with van der Waals surface area (Å²) in [6.07, 6.45) is 3.71. The van der Waals surface area contributed by atoms with Crippen molar-refractivity contribution < 1.29 is 0 Å². The van der Waals surface area contributed by atoms with E-state index < -0.39 is 0 Å². The Morgan fingerprint density at radius 2 is 1.93 bits per heavy atom. The molecule has 0 aromatic carbocycles. The molecule has 0 amide bonds. The van der Waals surface area contributed by atoms with Crippen molar-refractivity contribution in [3.8, 4) is 0 Å². The van der Waals surface area contributed by atoms with Gasteiger partial charge in [-0.15, -0.1) is 5.10 Å². The first-order chi connectivity index (χ1) is 7.15. The first-order valence-electron chi connectivity index (χ1n) is 5.46. The zero-order chi connectivity index (χ0) is 11.3. The highest BCUT2D eigenvalue weighted by Gasteiger charge is 2.07. The van der Waals surface area contributed by atoms with E-state index in [9.17, 15) is 0 Å². The van der Waals surface area contributed by atoms with Crippen molar-refractivity contribution in [1.82, 2.24) is 15.2 Å². The lowest BCUT2D eigenvalue weighted by Gasteiger charge is -2.14. The van der Waals surface area contributed by atoms with Gasteiger partial charge in [-0.2, -0.15) is 4.98 Å². The van der Waals surface area contributed by atoms with E-state index in [1.54, 1.807) is 0 Å². The average Bonchev–Trinajstić information content (AvgIpc) is 2.66. The van der Waals surface area contributed by atoms with Gasteiger partial charge < -0.3 is 9.80 Å². The van der Waals surface area contributed by atoms with E-state index in [-0.39, 0.29) is 0 Å². The molecule has 1 heterocycles. The third-order valence-corrected chi connectivity index (χ3v) is 2.32. The maximum atomic E-state index is 4.37. The number of rotatable bonds is 6. The molecule has 15 heavy (non-hydrogen) atoms. The van der Waals surface area contributed by atoms with Crippen molar-refractivity contribution in [2.24, 2.45) is 0 Å². The van der Waals surface area contributed by atoms with Crippen LogP contribution >= 0.6 is 0 Å². The second-order valence-electron chi connectivity index (χ2n) is 3.98. The number of nitrogens with one attached hydrogen (secondary N) is 1. The summed E-state index contributed by atoms with van der Waals surface area (Å²) in [5.74, 6) is 1.57. The molecule has 0 atom stereocenters. The first-order valence-corrected chi connectivity index (χ1v) is 5.46. The molecular weight excluding hydrogens is 190 g/mol. The van der Waals surface area contributed by atoms with Gasteiger partial charge in [0.1, 0.15) is 0 Å². The van der Waals surface area contributed by atoms with Crippen molar-refractivity contribution >= 4 is 11.9 Å². The lowest BCUT2D eigenvalue weighted by atomic mass is 10.2. The third kappa shape index (κ3) is 3.42. The van der Waals surface area contributed by atoms with Crippen LogP contribution in [0.15, 0.2) is 0 Å². The third-order valence-electron chi connectivity index (χ3n) is 2.32. The van der Waals surface area contributed by atoms with Gasteiger partial charge in [-0.25, -0.2) is 5.10 Å². The fraction of sp³-hybridized carbons (Fsp3) is 0.800. The van der Waals surface area contributed by atoms with Gasteiger partial charge in [-0.3, -0.25) is 0 Å². The Bertz CT molecular complexity index is 281. The molecule has 0 aliphatic rings. The van der Waals surface area contributed by atoms with E-state index in [1.807, 2.05) is 26.0 Å². The van der Waals surface area contributed by atoms with Crippen LogP contribution in [0, 0.1) is 0 Å². The van der Waals surface area contributed by atoms with Crippen LogP contribution in [0.2, 0.25) is 0 Å². The predicted molar refractivity (Wildman–Crippen MR) is 63.5 cm³/mol. The molecule has 1 aromatic heterocycles. The molecule has 0 saturated carbocycles. The molecule has 1 N–H and O–H groups in total. The van der Waals surface area contributed by atoms with Crippen molar-refractivity contribution in [3.63, 3.8) is 0 Å². The molecule has 1 aromatic rings. The highest BCUT2D eigenvalue weighted by molar-refractivity contribution is 5.36. The summed E-state index contributed by atoms with van der Waals surface area (Å²) in [5.41, 5.74) is 0. The van der Waals surface area contributed by atoms with E-state index in [2.05, 4.69) is 27.0 Å². The van der Waals surface area contributed by atoms with Crippen molar-refractivity contribution in [2.45, 2.75) is 26.2 Å². The van der Waals surface area contributed by atoms with Gasteiger partial charge in [-0.1, -0.05) is 19.8 Å². The molecule has 0 aliphatic heterocycles. The summed E-state index contributed by atoms with van der Waals surface area (Å²) in [4.78, 5) is 8.37. The van der Waals surface area contributed by atoms with Crippen LogP contribution in [-0.4, -0.2) is 42.9 Å². The summed E-state index contributed by atoms with van der Waals surface area (Å²) in [6, 6.07) is 0. The zero-order valence-corrected chi connectivity index (χ0v) is 10.1. The lowest BCUT2D eigenvalue weighted by Crippen LogP contribution is -2.20. The molecule has 0 radical (unpaired) electrons. The quantitative estimate of drug-likeness (QED) is 0.724. The molecule has 5 heteroatoms. The Labute approximate surface area is 91.5 Å². The number of H-pyrrole nitrogens is 1. The number of aromatic amines is 1. The van der Waals surface area contributed by atoms with Crippen LogP contribution in [-0.2, 0) is 0 Å². The van der Waals surface area contributed by atoms with Crippen LogP contribution in [0.1, 0.15) is 26.2 Å². The molecule has 5 nitrogen and oxygen atoms in total. The number of hydrogen-bond donors (Lipinski definition) is 1. The van der Waals surface area contributed by atoms with E-state index in [1.165, 1.54) is 19.3 Å². The van der Waals surface area contributed by atoms with E-state index in [0.29, 0.717) is 0 Å². The maximum Gasteiger partial charge on any atom is 0.245 e. The summed E-state index contributed by atoms with van der Waals surface area (Å²) >= 11 is 0. The lowest BCUT2D eigenvalue weighted by molar-refractivity contribution is 0.697. The number of anilines is 2. The minimum atomic E-state index is 0.729. The summed E-state index contributed by atoms with van der Waals surface area (Å²) in [6.45, 7) is 3.23. The number of nitrogens with zero attached hydrogens (tertiary/aromatic N) is 4. The van der Waals surface area contributed by atoms with Crippen LogP contribution in [0.5, 0.6) is 0 Å². The van der Waals surface area contributed by atoms with Gasteiger partial charge in [0.2, 0.25) is 11.9 Å². The first kappa shape index (κ1) is 11.8. The fourth-order valence-corrected chi connectivity index (χ4v) is 1.32. The van der Waals surface area contributed by atoms with Gasteiger partial charge in [0.05, 0.1) is 0 Å². The fourth-order valence-electron chi connectivity index (χ4n) is 1.32. The molecule has 0 fully saturated rings. The van der Waals surface area contributed by atoms with Gasteiger partial charge in [0.15, 0.2) is 0 Å². The standard InChI is InChI=1S/C10H21N5/c1-5-6-7-8-15(4)10-11-9(12-13-10)14(2)3/h5-8H2,1-4H3,(H,11,12,13). The second kappa shape index (κ2) is 5.58. The van der Waals surface area contributed by atoms with Crippen molar-refractivity contribution in [2.75, 3.05) is 37.5 Å². The second-order valence-corrected chi connectivity index (χ2v) is 3.98. The molecule has 86 valence electrons. The Hall–Kier alpha value is -1.26. The molecule has 0 unspecified atom stereocenters. The topological polar surface area (TPSA) is 48.1 Å². The molecule has 1 rings (SSSR count). The van der Waals surface area contributed by atoms with Crippen molar-refractivity contribution in [3.05, 3.63) is 0 Å². The maximum absolute atomic E-state index is 4.37. The Morgan fingerprint density at radius 3 is 2.47 bits per heavy atom. The Morgan fingerprint density at radius 1 is 1.20 bits per heavy atom. The Balaban J connectivity index is 2.47. The van der Waals surface area contributed by atoms with Crippen LogP contribution in [0.25, 0.3) is 0 Å². The van der Waals surface area contributed by atoms with Crippen LogP contribution < -0.4 is 9.80 Å². The number of aromatic nitrogens is 3. The Kier molecular flexibility index (Phi) is 4.39.